The van der Waals surface area contributed by atoms with E-state index in [1.54, 1.807) is 0 Å². The van der Waals surface area contributed by atoms with Crippen LogP contribution in [-0.2, 0) is 19.4 Å². The Bertz CT molecular complexity index is 1220. The van der Waals surface area contributed by atoms with E-state index >= 15 is 0 Å². The number of terminal acetylenes is 1. The predicted octanol–water partition coefficient (Wildman–Crippen LogP) is 4.81. The van der Waals surface area contributed by atoms with Gasteiger partial charge in [0.1, 0.15) is 5.82 Å². The molecular formula is C27H26N4. The summed E-state index contributed by atoms with van der Waals surface area (Å²) in [5.41, 5.74) is 9.26. The molecule has 4 nitrogen and oxygen atoms in total. The molecule has 31 heavy (non-hydrogen) atoms. The molecule has 0 unspecified atom stereocenters. The first-order valence-electron chi connectivity index (χ1n) is 10.5. The molecule has 4 heteroatoms. The van der Waals surface area contributed by atoms with Crippen LogP contribution in [0.25, 0.3) is 0 Å². The van der Waals surface area contributed by atoms with Crippen LogP contribution in [0.1, 0.15) is 50.6 Å². The molecule has 0 radical (unpaired) electrons. The molecule has 0 atom stereocenters. The first-order valence-corrected chi connectivity index (χ1v) is 10.5. The van der Waals surface area contributed by atoms with Gasteiger partial charge in [0.15, 0.2) is 0 Å². The van der Waals surface area contributed by atoms with E-state index in [9.17, 15) is 0 Å². The lowest BCUT2D eigenvalue weighted by Crippen LogP contribution is -2.05. The van der Waals surface area contributed by atoms with Gasteiger partial charge >= 0.3 is 0 Å². The molecule has 4 rings (SSSR count). The first kappa shape index (κ1) is 20.6. The van der Waals surface area contributed by atoms with Gasteiger partial charge in [-0.2, -0.15) is 5.10 Å². The Labute approximate surface area is 184 Å². The van der Waals surface area contributed by atoms with E-state index in [2.05, 4.69) is 42.0 Å². The molecular weight excluding hydrogens is 380 g/mol. The van der Waals surface area contributed by atoms with Crippen LogP contribution in [0, 0.1) is 33.1 Å². The van der Waals surface area contributed by atoms with E-state index in [1.165, 1.54) is 22.3 Å². The van der Waals surface area contributed by atoms with Crippen LogP contribution in [0.15, 0.2) is 60.9 Å². The van der Waals surface area contributed by atoms with Crippen LogP contribution in [0.2, 0.25) is 0 Å². The van der Waals surface area contributed by atoms with E-state index in [0.29, 0.717) is 6.42 Å². The fourth-order valence-corrected chi connectivity index (χ4v) is 3.90. The summed E-state index contributed by atoms with van der Waals surface area (Å²) in [5.74, 6) is 3.47. The molecule has 4 aromatic rings. The van der Waals surface area contributed by atoms with Crippen molar-refractivity contribution in [1.82, 2.24) is 19.7 Å². The maximum atomic E-state index is 5.44. The molecule has 154 valence electrons. The Balaban J connectivity index is 1.50. The van der Waals surface area contributed by atoms with Gasteiger partial charge in [0, 0.05) is 36.5 Å². The zero-order valence-corrected chi connectivity index (χ0v) is 18.3. The average Bonchev–Trinajstić information content (AvgIpc) is 3.16. The van der Waals surface area contributed by atoms with Crippen molar-refractivity contribution in [3.05, 3.63) is 112 Å². The Morgan fingerprint density at radius 3 is 2.29 bits per heavy atom. The molecule has 0 spiro atoms. The quantitative estimate of drug-likeness (QED) is 0.432. The van der Waals surface area contributed by atoms with Gasteiger partial charge in [-0.05, 0) is 72.9 Å². The van der Waals surface area contributed by atoms with Crippen LogP contribution in [0.5, 0.6) is 0 Å². The Hall–Kier alpha value is -3.71. The summed E-state index contributed by atoms with van der Waals surface area (Å²) in [6, 6.07) is 16.5. The van der Waals surface area contributed by atoms with Crippen molar-refractivity contribution in [1.29, 1.82) is 0 Å². The minimum absolute atomic E-state index is 0.693. The van der Waals surface area contributed by atoms with Crippen molar-refractivity contribution < 1.29 is 0 Å². The third-order valence-corrected chi connectivity index (χ3v) is 5.48. The van der Waals surface area contributed by atoms with E-state index in [4.69, 9.17) is 11.4 Å². The smallest absolute Gasteiger partial charge is 0.132 e. The van der Waals surface area contributed by atoms with Crippen molar-refractivity contribution >= 4 is 0 Å². The summed E-state index contributed by atoms with van der Waals surface area (Å²) >= 11 is 0. The minimum Gasteiger partial charge on any atom is -0.268 e. The first-order chi connectivity index (χ1) is 15.0. The van der Waals surface area contributed by atoms with Crippen LogP contribution in [0.4, 0.5) is 0 Å². The van der Waals surface area contributed by atoms with Gasteiger partial charge in [-0.1, -0.05) is 30.2 Å². The standard InChI is InChI=1S/C27H26N4/c1-5-22-6-8-23(9-7-22)16-27-28-12-10-25(29-27)17-26-19(2)14-24(15-20(26)3)18-31-13-11-21(4)30-31/h1,6-15H,16-18H2,2-4H3. The lowest BCUT2D eigenvalue weighted by Gasteiger charge is -2.13. The van der Waals surface area contributed by atoms with Crippen LogP contribution in [-0.4, -0.2) is 19.7 Å². The lowest BCUT2D eigenvalue weighted by atomic mass is 9.95. The SMILES string of the molecule is C#Cc1ccc(Cc2nccc(Cc3c(C)cc(Cn4ccc(C)n4)cc3C)n2)cc1. The summed E-state index contributed by atoms with van der Waals surface area (Å²) in [7, 11) is 0. The molecule has 0 aliphatic rings. The topological polar surface area (TPSA) is 43.6 Å². The monoisotopic (exact) mass is 406 g/mol. The number of hydrogen-bond donors (Lipinski definition) is 0. The van der Waals surface area contributed by atoms with Gasteiger partial charge in [0.05, 0.1) is 12.2 Å². The second-order valence-corrected chi connectivity index (χ2v) is 8.02. The van der Waals surface area contributed by atoms with E-state index in [-0.39, 0.29) is 0 Å². The van der Waals surface area contributed by atoms with Gasteiger partial charge in [-0.25, -0.2) is 9.97 Å². The van der Waals surface area contributed by atoms with E-state index < -0.39 is 0 Å². The van der Waals surface area contributed by atoms with Gasteiger partial charge in [-0.3, -0.25) is 4.68 Å². The third kappa shape index (κ3) is 5.07. The van der Waals surface area contributed by atoms with Crippen LogP contribution >= 0.6 is 0 Å². The summed E-state index contributed by atoms with van der Waals surface area (Å²) in [6.07, 6.45) is 10.8. The molecule has 0 aliphatic carbocycles. The summed E-state index contributed by atoms with van der Waals surface area (Å²) in [4.78, 5) is 9.28. The molecule has 0 saturated carbocycles. The fraction of sp³-hybridized carbons (Fsp3) is 0.222. The molecule has 0 N–H and O–H groups in total. The highest BCUT2D eigenvalue weighted by Gasteiger charge is 2.09. The molecule has 0 bridgehead atoms. The van der Waals surface area contributed by atoms with Crippen molar-refractivity contribution in [2.24, 2.45) is 0 Å². The highest BCUT2D eigenvalue weighted by atomic mass is 15.3. The van der Waals surface area contributed by atoms with E-state index in [1.807, 2.05) is 60.4 Å². The van der Waals surface area contributed by atoms with Crippen molar-refractivity contribution in [3.63, 3.8) is 0 Å². The van der Waals surface area contributed by atoms with E-state index in [0.717, 1.165) is 41.3 Å². The summed E-state index contributed by atoms with van der Waals surface area (Å²) in [5, 5.41) is 4.50. The summed E-state index contributed by atoms with van der Waals surface area (Å²) < 4.78 is 1.98. The van der Waals surface area contributed by atoms with Gasteiger partial charge in [0.25, 0.3) is 0 Å². The predicted molar refractivity (Wildman–Crippen MR) is 124 cm³/mol. The molecule has 2 aromatic heterocycles. The number of benzene rings is 2. The number of aryl methyl sites for hydroxylation is 3. The Kier molecular flexibility index (Phi) is 5.95. The molecule has 2 heterocycles. The van der Waals surface area contributed by atoms with Gasteiger partial charge < -0.3 is 0 Å². The van der Waals surface area contributed by atoms with Crippen LogP contribution in [0.3, 0.4) is 0 Å². The highest BCUT2D eigenvalue weighted by Crippen LogP contribution is 2.21. The number of rotatable bonds is 6. The largest absolute Gasteiger partial charge is 0.268 e. The maximum absolute atomic E-state index is 5.44. The number of nitrogens with zero attached hydrogens (tertiary/aromatic N) is 4. The molecule has 0 fully saturated rings. The number of hydrogen-bond acceptors (Lipinski definition) is 3. The zero-order chi connectivity index (χ0) is 21.8. The second-order valence-electron chi connectivity index (χ2n) is 8.02. The van der Waals surface area contributed by atoms with Crippen molar-refractivity contribution in [2.45, 2.75) is 40.2 Å². The Morgan fingerprint density at radius 1 is 0.903 bits per heavy atom. The van der Waals surface area contributed by atoms with Crippen molar-refractivity contribution in [3.8, 4) is 12.3 Å². The van der Waals surface area contributed by atoms with Gasteiger partial charge in [-0.15, -0.1) is 6.42 Å². The molecule has 0 saturated heterocycles. The fourth-order valence-electron chi connectivity index (χ4n) is 3.90. The molecule has 0 aliphatic heterocycles. The van der Waals surface area contributed by atoms with Crippen LogP contribution < -0.4 is 0 Å². The third-order valence-electron chi connectivity index (χ3n) is 5.48. The second kappa shape index (κ2) is 8.97. The maximum Gasteiger partial charge on any atom is 0.132 e. The normalized spacial score (nSPS) is 10.8. The highest BCUT2D eigenvalue weighted by molar-refractivity contribution is 5.40. The lowest BCUT2D eigenvalue weighted by molar-refractivity contribution is 0.678. The van der Waals surface area contributed by atoms with Crippen molar-refractivity contribution in [2.75, 3.05) is 0 Å². The summed E-state index contributed by atoms with van der Waals surface area (Å²) in [6.45, 7) is 7.15. The Morgan fingerprint density at radius 2 is 1.65 bits per heavy atom. The zero-order valence-electron chi connectivity index (χ0n) is 18.3. The number of aromatic nitrogens is 4. The van der Waals surface area contributed by atoms with Gasteiger partial charge in [0.2, 0.25) is 0 Å². The molecule has 2 aromatic carbocycles. The molecule has 0 amide bonds. The minimum atomic E-state index is 0.693. The average molecular weight is 407 g/mol.